The number of rotatable bonds is 5. The summed E-state index contributed by atoms with van der Waals surface area (Å²) in [6.07, 6.45) is 1.59. The largest absolute Gasteiger partial charge is 0.339 e. The molecule has 6 heteroatoms. The van der Waals surface area contributed by atoms with Gasteiger partial charge in [0.2, 0.25) is 11.8 Å². The van der Waals surface area contributed by atoms with Gasteiger partial charge in [-0.3, -0.25) is 9.59 Å². The lowest BCUT2D eigenvalue weighted by molar-refractivity contribution is -0.139. The van der Waals surface area contributed by atoms with Crippen LogP contribution in [-0.2, 0) is 22.4 Å². The summed E-state index contributed by atoms with van der Waals surface area (Å²) in [6, 6.07) is 15.4. The van der Waals surface area contributed by atoms with Crippen LogP contribution in [0.4, 0.5) is 0 Å². The molecule has 0 bridgehead atoms. The van der Waals surface area contributed by atoms with Gasteiger partial charge in [-0.1, -0.05) is 51.8 Å². The van der Waals surface area contributed by atoms with E-state index in [1.54, 1.807) is 12.1 Å². The number of benzene rings is 2. The van der Waals surface area contributed by atoms with Gasteiger partial charge in [-0.15, -0.1) is 0 Å². The number of amides is 2. The first kappa shape index (κ1) is 19.9. The average Bonchev–Trinajstić information content (AvgIpc) is 2.68. The maximum absolute atomic E-state index is 12.5. The van der Waals surface area contributed by atoms with Gasteiger partial charge >= 0.3 is 0 Å². The summed E-state index contributed by atoms with van der Waals surface area (Å²) in [4.78, 5) is 28.6. The fourth-order valence-electron chi connectivity index (χ4n) is 3.20. The second-order valence-corrected chi connectivity index (χ2v) is 8.05. The molecule has 2 amide bonds. The van der Waals surface area contributed by atoms with Gasteiger partial charge in [-0.05, 0) is 41.8 Å². The normalized spacial score (nSPS) is 14.3. The van der Waals surface area contributed by atoms with Gasteiger partial charge in [-0.25, -0.2) is 0 Å². The van der Waals surface area contributed by atoms with Crippen LogP contribution in [-0.4, -0.2) is 47.8 Å². The molecular formula is C21H22BrClN2O2. The second kappa shape index (κ2) is 9.38. The quantitative estimate of drug-likeness (QED) is 0.693. The van der Waals surface area contributed by atoms with E-state index in [1.807, 2.05) is 46.2 Å². The van der Waals surface area contributed by atoms with Crippen LogP contribution < -0.4 is 0 Å². The fraction of sp³-hybridized carbons (Fsp3) is 0.333. The number of piperazine rings is 1. The molecule has 1 heterocycles. The molecule has 142 valence electrons. The first-order valence-electron chi connectivity index (χ1n) is 9.06. The number of aryl methyl sites for hydroxylation is 1. The van der Waals surface area contributed by atoms with E-state index < -0.39 is 0 Å². The molecule has 0 unspecified atom stereocenters. The molecule has 1 saturated heterocycles. The molecule has 2 aromatic rings. The van der Waals surface area contributed by atoms with Crippen LogP contribution in [0.3, 0.4) is 0 Å². The number of nitrogens with zero attached hydrogens (tertiary/aromatic N) is 2. The Morgan fingerprint density at radius 1 is 0.889 bits per heavy atom. The van der Waals surface area contributed by atoms with E-state index in [0.29, 0.717) is 44.0 Å². The minimum absolute atomic E-state index is 0.0959. The van der Waals surface area contributed by atoms with Crippen LogP contribution in [0.25, 0.3) is 0 Å². The van der Waals surface area contributed by atoms with Crippen molar-refractivity contribution in [2.45, 2.75) is 19.3 Å². The lowest BCUT2D eigenvalue weighted by Gasteiger charge is -2.35. The van der Waals surface area contributed by atoms with E-state index >= 15 is 0 Å². The third-order valence-corrected chi connectivity index (χ3v) is 5.52. The second-order valence-electron chi connectivity index (χ2n) is 6.69. The number of halogens is 2. The summed E-state index contributed by atoms with van der Waals surface area (Å²) in [7, 11) is 0. The Bertz CT molecular complexity index is 802. The summed E-state index contributed by atoms with van der Waals surface area (Å²) in [6.45, 7) is 2.39. The zero-order valence-electron chi connectivity index (χ0n) is 15.0. The molecule has 0 saturated carbocycles. The predicted octanol–water partition coefficient (Wildman–Crippen LogP) is 3.95. The van der Waals surface area contributed by atoms with Gasteiger partial charge in [0.25, 0.3) is 0 Å². The van der Waals surface area contributed by atoms with E-state index in [0.717, 1.165) is 22.0 Å². The molecule has 27 heavy (non-hydrogen) atoms. The highest BCUT2D eigenvalue weighted by molar-refractivity contribution is 9.10. The molecule has 0 atom stereocenters. The van der Waals surface area contributed by atoms with Gasteiger partial charge in [0.05, 0.1) is 6.42 Å². The molecule has 1 aliphatic rings. The van der Waals surface area contributed by atoms with Gasteiger partial charge in [0.15, 0.2) is 0 Å². The average molecular weight is 450 g/mol. The van der Waals surface area contributed by atoms with Crippen LogP contribution in [0, 0.1) is 0 Å². The van der Waals surface area contributed by atoms with Crippen LogP contribution in [0.15, 0.2) is 53.0 Å². The van der Waals surface area contributed by atoms with Crippen LogP contribution in [0.2, 0.25) is 5.02 Å². The summed E-state index contributed by atoms with van der Waals surface area (Å²) in [5, 5.41) is 0.668. The van der Waals surface area contributed by atoms with E-state index in [-0.39, 0.29) is 11.8 Å². The van der Waals surface area contributed by atoms with Crippen LogP contribution in [0.1, 0.15) is 17.5 Å². The molecular weight excluding hydrogens is 428 g/mol. The van der Waals surface area contributed by atoms with E-state index in [1.165, 1.54) is 0 Å². The summed E-state index contributed by atoms with van der Waals surface area (Å²) < 4.78 is 1.03. The number of hydrogen-bond donors (Lipinski definition) is 0. The van der Waals surface area contributed by atoms with Gasteiger partial charge in [0, 0.05) is 42.1 Å². The highest BCUT2D eigenvalue weighted by atomic mass is 79.9. The maximum atomic E-state index is 12.5. The minimum atomic E-state index is 0.0959. The molecule has 3 rings (SSSR count). The highest BCUT2D eigenvalue weighted by Gasteiger charge is 2.23. The van der Waals surface area contributed by atoms with Crippen molar-refractivity contribution in [3.05, 3.63) is 69.2 Å². The fourth-order valence-corrected chi connectivity index (χ4v) is 3.77. The van der Waals surface area contributed by atoms with E-state index in [2.05, 4.69) is 15.9 Å². The van der Waals surface area contributed by atoms with Crippen molar-refractivity contribution >= 4 is 39.3 Å². The first-order valence-corrected chi connectivity index (χ1v) is 10.2. The molecule has 0 aliphatic carbocycles. The zero-order chi connectivity index (χ0) is 19.2. The Hall–Kier alpha value is -1.85. The van der Waals surface area contributed by atoms with E-state index in [9.17, 15) is 9.59 Å². The van der Waals surface area contributed by atoms with Gasteiger partial charge < -0.3 is 9.80 Å². The minimum Gasteiger partial charge on any atom is -0.339 e. The predicted molar refractivity (Wildman–Crippen MR) is 111 cm³/mol. The van der Waals surface area contributed by atoms with Crippen molar-refractivity contribution in [1.82, 2.24) is 9.80 Å². The molecule has 0 radical (unpaired) electrons. The molecule has 1 aliphatic heterocycles. The third-order valence-electron chi connectivity index (χ3n) is 4.77. The Morgan fingerprint density at radius 3 is 2.15 bits per heavy atom. The Labute approximate surface area is 173 Å². The summed E-state index contributed by atoms with van der Waals surface area (Å²) >= 11 is 9.33. The molecule has 4 nitrogen and oxygen atoms in total. The topological polar surface area (TPSA) is 40.6 Å². The van der Waals surface area contributed by atoms with Crippen LogP contribution >= 0.6 is 27.5 Å². The SMILES string of the molecule is O=C(CCc1cccc(Br)c1)N1CCN(C(=O)Cc2ccc(Cl)cc2)CC1. The van der Waals surface area contributed by atoms with Crippen molar-refractivity contribution in [1.29, 1.82) is 0 Å². The van der Waals surface area contributed by atoms with Crippen LogP contribution in [0.5, 0.6) is 0 Å². The van der Waals surface area contributed by atoms with Gasteiger partial charge in [0.1, 0.15) is 0 Å². The first-order chi connectivity index (χ1) is 13.0. The van der Waals surface area contributed by atoms with Crippen molar-refractivity contribution < 1.29 is 9.59 Å². The maximum Gasteiger partial charge on any atom is 0.227 e. The highest BCUT2D eigenvalue weighted by Crippen LogP contribution is 2.15. The molecule has 0 spiro atoms. The van der Waals surface area contributed by atoms with Crippen molar-refractivity contribution in [2.24, 2.45) is 0 Å². The van der Waals surface area contributed by atoms with Crippen molar-refractivity contribution in [2.75, 3.05) is 26.2 Å². The molecule has 1 fully saturated rings. The molecule has 2 aromatic carbocycles. The van der Waals surface area contributed by atoms with Crippen molar-refractivity contribution in [3.8, 4) is 0 Å². The monoisotopic (exact) mass is 448 g/mol. The molecule has 0 N–H and O–H groups in total. The van der Waals surface area contributed by atoms with E-state index in [4.69, 9.17) is 11.6 Å². The Kier molecular flexibility index (Phi) is 6.91. The summed E-state index contributed by atoms with van der Waals surface area (Å²) in [5.41, 5.74) is 2.10. The smallest absolute Gasteiger partial charge is 0.227 e. The molecule has 0 aromatic heterocycles. The van der Waals surface area contributed by atoms with Crippen molar-refractivity contribution in [3.63, 3.8) is 0 Å². The lowest BCUT2D eigenvalue weighted by atomic mass is 10.1. The third kappa shape index (κ3) is 5.81. The standard InChI is InChI=1S/C21H22BrClN2O2/c22-18-3-1-2-16(14-18)6-9-20(26)24-10-12-25(13-11-24)21(27)15-17-4-7-19(23)8-5-17/h1-5,7-8,14H,6,9-13,15H2. The number of hydrogen-bond acceptors (Lipinski definition) is 2. The Morgan fingerprint density at radius 2 is 1.52 bits per heavy atom. The number of carbonyl (C=O) groups excluding carboxylic acids is 2. The lowest BCUT2D eigenvalue weighted by Crippen LogP contribution is -2.51. The number of carbonyl (C=O) groups is 2. The Balaban J connectivity index is 1.44. The van der Waals surface area contributed by atoms with Gasteiger partial charge in [-0.2, -0.15) is 0 Å². The summed E-state index contributed by atoms with van der Waals surface area (Å²) in [5.74, 6) is 0.248. The zero-order valence-corrected chi connectivity index (χ0v) is 17.4.